The highest BCUT2D eigenvalue weighted by Gasteiger charge is 2.71. The zero-order valence-corrected chi connectivity index (χ0v) is 31.7. The van der Waals surface area contributed by atoms with Gasteiger partial charge >= 0.3 is 11.9 Å². The van der Waals surface area contributed by atoms with Crippen molar-refractivity contribution in [2.45, 2.75) is 158 Å². The molecular weight excluding hydrogens is 598 g/mol. The van der Waals surface area contributed by atoms with Crippen LogP contribution in [0, 0.1) is 62.1 Å². The van der Waals surface area contributed by atoms with E-state index in [1.165, 1.54) is 56.9 Å². The molecule has 0 aromatic rings. The second-order valence-corrected chi connectivity index (χ2v) is 19.9. The Bertz CT molecular complexity index is 1310. The summed E-state index contributed by atoms with van der Waals surface area (Å²) in [6.07, 6.45) is 15.5. The molecule has 0 bridgehead atoms. The molecule has 6 nitrogen and oxygen atoms in total. The highest BCUT2D eigenvalue weighted by atomic mass is 16.5. The normalized spacial score (nSPS) is 43.6. The Labute approximate surface area is 291 Å². The minimum absolute atomic E-state index is 0.102. The number of carboxylic acid groups (broad SMARTS) is 1. The molecule has 0 radical (unpaired) electrons. The van der Waals surface area contributed by atoms with Crippen LogP contribution in [-0.4, -0.2) is 47.0 Å². The summed E-state index contributed by atoms with van der Waals surface area (Å²) in [6.45, 7) is 24.5. The van der Waals surface area contributed by atoms with Crippen molar-refractivity contribution in [1.29, 1.82) is 0 Å². The monoisotopic (exact) mass is 666 g/mol. The van der Waals surface area contributed by atoms with Crippen molar-refractivity contribution in [3.63, 3.8) is 0 Å². The molecule has 0 spiro atoms. The molecule has 6 fully saturated rings. The molecule has 6 rings (SSSR count). The fourth-order valence-corrected chi connectivity index (χ4v) is 14.0. The van der Waals surface area contributed by atoms with Crippen LogP contribution in [0.4, 0.5) is 0 Å². The van der Waals surface area contributed by atoms with E-state index in [0.29, 0.717) is 35.5 Å². The lowest BCUT2D eigenvalue weighted by atomic mass is 9.32. The number of allylic oxidation sites excluding steroid dienone is 1. The number of amides is 1. The number of rotatable bonds is 7. The van der Waals surface area contributed by atoms with E-state index in [9.17, 15) is 19.5 Å². The van der Waals surface area contributed by atoms with Gasteiger partial charge in [0.2, 0.25) is 5.91 Å². The Morgan fingerprint density at radius 3 is 2.17 bits per heavy atom. The molecule has 48 heavy (non-hydrogen) atoms. The van der Waals surface area contributed by atoms with Crippen LogP contribution >= 0.6 is 0 Å². The van der Waals surface area contributed by atoms with Crippen molar-refractivity contribution in [2.24, 2.45) is 62.1 Å². The number of carbonyl (C=O) groups is 3. The van der Waals surface area contributed by atoms with Crippen LogP contribution in [0.15, 0.2) is 12.2 Å². The number of carboxylic acids is 1. The number of ether oxygens (including phenoxy) is 1. The molecule has 5 saturated carbocycles. The summed E-state index contributed by atoms with van der Waals surface area (Å²) >= 11 is 0. The van der Waals surface area contributed by atoms with E-state index in [1.807, 2.05) is 0 Å². The van der Waals surface area contributed by atoms with Crippen molar-refractivity contribution in [1.82, 2.24) is 4.90 Å². The highest BCUT2D eigenvalue weighted by Crippen LogP contribution is 2.78. The minimum Gasteiger partial charge on any atom is -0.481 e. The first-order valence-corrected chi connectivity index (χ1v) is 19.7. The van der Waals surface area contributed by atoms with Gasteiger partial charge in [-0.1, -0.05) is 46.8 Å². The predicted molar refractivity (Wildman–Crippen MR) is 190 cm³/mol. The van der Waals surface area contributed by atoms with Gasteiger partial charge < -0.3 is 14.7 Å². The van der Waals surface area contributed by atoms with Crippen molar-refractivity contribution >= 4 is 17.8 Å². The molecule has 1 saturated heterocycles. The van der Waals surface area contributed by atoms with E-state index in [0.717, 1.165) is 51.6 Å². The zero-order valence-electron chi connectivity index (χ0n) is 31.7. The molecule has 1 amide bonds. The Morgan fingerprint density at radius 1 is 0.833 bits per heavy atom. The van der Waals surface area contributed by atoms with Crippen molar-refractivity contribution < 1.29 is 24.2 Å². The molecule has 6 heteroatoms. The zero-order chi connectivity index (χ0) is 35.1. The maximum atomic E-state index is 13.9. The molecule has 1 aliphatic heterocycles. The van der Waals surface area contributed by atoms with Crippen molar-refractivity contribution in [2.75, 3.05) is 13.1 Å². The first-order valence-electron chi connectivity index (χ1n) is 19.7. The van der Waals surface area contributed by atoms with E-state index in [-0.39, 0.29) is 45.6 Å². The number of aliphatic carboxylic acids is 1. The fourth-order valence-electron chi connectivity index (χ4n) is 14.0. The van der Waals surface area contributed by atoms with Gasteiger partial charge in [-0.3, -0.25) is 14.4 Å². The molecule has 10 atom stereocenters. The molecule has 1 unspecified atom stereocenters. The van der Waals surface area contributed by atoms with E-state index < -0.39 is 11.4 Å². The van der Waals surface area contributed by atoms with E-state index in [2.05, 4.69) is 53.0 Å². The summed E-state index contributed by atoms with van der Waals surface area (Å²) in [6, 6.07) is 0. The van der Waals surface area contributed by atoms with Gasteiger partial charge in [0.1, 0.15) is 6.10 Å². The SMILES string of the molecule is C=C(C)[C@@H]1CC[C@]2(CC(=O)N3CCCCC3)CC[C@]3(C)[C@H](CC[C@@H]4[C@@]5(C)CCC(OC(=O)CC(C)(C)C(=O)O)C(C)(C)[C@@H]5CC[C@]43C)[C@@H]12. The number of hydrogen-bond donors (Lipinski definition) is 1. The second-order valence-electron chi connectivity index (χ2n) is 19.9. The van der Waals surface area contributed by atoms with Crippen molar-refractivity contribution in [3.05, 3.63) is 12.2 Å². The number of likely N-dealkylation sites (tertiary alicyclic amines) is 1. The molecule has 0 aromatic heterocycles. The Hall–Kier alpha value is -1.85. The average molecular weight is 666 g/mol. The molecule has 6 aliphatic rings. The molecule has 0 aromatic carbocycles. The van der Waals surface area contributed by atoms with Gasteiger partial charge in [0.15, 0.2) is 0 Å². The third-order valence-electron chi connectivity index (χ3n) is 16.8. The third-order valence-corrected chi connectivity index (χ3v) is 16.8. The standard InChI is InChI=1S/C42H67NO5/c1-27(2)28-15-20-42(25-33(44)43-23-11-10-12-24-43)22-21-40(8)29(35(28)42)13-14-31-39(7)18-17-32(48-34(45)26-37(3,4)36(46)47)38(5,6)30(39)16-19-41(31,40)9/h28-32,35H,1,10-26H2,2-9H3,(H,46,47)/t28-,29+,30-,31+,32?,35+,39-,40+,41+,42+/m0/s1. The number of esters is 1. The quantitative estimate of drug-likeness (QED) is 0.216. The lowest BCUT2D eigenvalue weighted by Gasteiger charge is -2.73. The lowest BCUT2D eigenvalue weighted by Crippen LogP contribution is -2.67. The lowest BCUT2D eigenvalue weighted by molar-refractivity contribution is -0.250. The summed E-state index contributed by atoms with van der Waals surface area (Å²) in [5, 5.41) is 9.59. The molecular formula is C42H67NO5. The summed E-state index contributed by atoms with van der Waals surface area (Å²) in [7, 11) is 0. The number of nitrogens with zero attached hydrogens (tertiary/aromatic N) is 1. The molecule has 1 N–H and O–H groups in total. The Morgan fingerprint density at radius 2 is 1.52 bits per heavy atom. The van der Waals surface area contributed by atoms with Crippen LogP contribution < -0.4 is 0 Å². The Kier molecular flexibility index (Phi) is 9.09. The van der Waals surface area contributed by atoms with Crippen LogP contribution in [0.3, 0.4) is 0 Å². The van der Waals surface area contributed by atoms with E-state index in [1.54, 1.807) is 13.8 Å². The largest absolute Gasteiger partial charge is 0.481 e. The number of piperidine rings is 1. The molecule has 1 heterocycles. The first kappa shape index (κ1) is 36.0. The highest BCUT2D eigenvalue weighted by molar-refractivity contribution is 5.81. The predicted octanol–water partition coefficient (Wildman–Crippen LogP) is 9.46. The number of hydrogen-bond acceptors (Lipinski definition) is 4. The second kappa shape index (κ2) is 12.1. The summed E-state index contributed by atoms with van der Waals surface area (Å²) < 4.78 is 6.18. The van der Waals surface area contributed by atoms with Crippen LogP contribution in [0.25, 0.3) is 0 Å². The third kappa shape index (κ3) is 5.42. The number of carbonyl (C=O) groups excluding carboxylic acids is 2. The molecule has 5 aliphatic carbocycles. The van der Waals surface area contributed by atoms with Gasteiger partial charge in [0.05, 0.1) is 11.8 Å². The van der Waals surface area contributed by atoms with Gasteiger partial charge in [-0.25, -0.2) is 0 Å². The van der Waals surface area contributed by atoms with Gasteiger partial charge in [-0.2, -0.15) is 0 Å². The van der Waals surface area contributed by atoms with E-state index in [4.69, 9.17) is 4.74 Å². The summed E-state index contributed by atoms with van der Waals surface area (Å²) in [5.74, 6) is 1.81. The van der Waals surface area contributed by atoms with Crippen LogP contribution in [0.2, 0.25) is 0 Å². The van der Waals surface area contributed by atoms with Gasteiger partial charge in [0, 0.05) is 24.9 Å². The Balaban J connectivity index is 1.25. The van der Waals surface area contributed by atoms with Crippen LogP contribution in [-0.2, 0) is 19.1 Å². The molecule has 270 valence electrons. The van der Waals surface area contributed by atoms with Gasteiger partial charge in [-0.15, -0.1) is 0 Å². The fraction of sp³-hybridized carbons (Fsp3) is 0.881. The maximum Gasteiger partial charge on any atom is 0.309 e. The smallest absolute Gasteiger partial charge is 0.309 e. The minimum atomic E-state index is -1.13. The van der Waals surface area contributed by atoms with E-state index >= 15 is 0 Å². The van der Waals surface area contributed by atoms with Crippen LogP contribution in [0.5, 0.6) is 0 Å². The number of fused-ring (bicyclic) bond motifs is 7. The van der Waals surface area contributed by atoms with Gasteiger partial charge in [-0.05, 0) is 155 Å². The average Bonchev–Trinajstić information content (AvgIpc) is 3.39. The van der Waals surface area contributed by atoms with Gasteiger partial charge in [0.25, 0.3) is 0 Å². The topological polar surface area (TPSA) is 83.9 Å². The summed E-state index contributed by atoms with van der Waals surface area (Å²) in [4.78, 5) is 40.9. The summed E-state index contributed by atoms with van der Waals surface area (Å²) in [5.41, 5.74) is 0.744. The first-order chi connectivity index (χ1) is 22.3. The van der Waals surface area contributed by atoms with Crippen molar-refractivity contribution in [3.8, 4) is 0 Å². The maximum absolute atomic E-state index is 13.9. The van der Waals surface area contributed by atoms with Crippen LogP contribution in [0.1, 0.15) is 152 Å².